The molecule has 0 unspecified atom stereocenters. The highest BCUT2D eigenvalue weighted by Gasteiger charge is 2.33. The molecule has 3 aromatic carbocycles. The first-order valence-electron chi connectivity index (χ1n) is 11.5. The number of hydrogen-bond donors (Lipinski definition) is 1. The van der Waals surface area contributed by atoms with Crippen molar-refractivity contribution >= 4 is 47.1 Å². The largest absolute Gasteiger partial charge is 0.486 e. The molecule has 0 saturated heterocycles. The van der Waals surface area contributed by atoms with Crippen LogP contribution in [0.5, 0.6) is 0 Å². The van der Waals surface area contributed by atoms with Crippen molar-refractivity contribution in [3.8, 4) is 11.1 Å². The van der Waals surface area contributed by atoms with E-state index in [0.29, 0.717) is 15.8 Å². The van der Waals surface area contributed by atoms with E-state index in [9.17, 15) is 9.59 Å². The van der Waals surface area contributed by atoms with Gasteiger partial charge in [-0.1, -0.05) is 71.7 Å². The molecule has 0 bridgehead atoms. The van der Waals surface area contributed by atoms with Gasteiger partial charge in [0.2, 0.25) is 0 Å². The summed E-state index contributed by atoms with van der Waals surface area (Å²) >= 11 is 12.6. The second-order valence-corrected chi connectivity index (χ2v) is 9.00. The van der Waals surface area contributed by atoms with Crippen LogP contribution in [0.1, 0.15) is 23.6 Å². The number of nitrogens with one attached hydrogen (secondary N) is 1. The van der Waals surface area contributed by atoms with Gasteiger partial charge in [0.25, 0.3) is 5.91 Å². The maximum atomic E-state index is 13.4. The SMILES string of the molecule is C/C=N\N1Cc2c(cccc2-c2cc(Cl)cc(Cl)c2)C(OCc2ccccc2)=C1C(=O)NCC(=O)OC. The van der Waals surface area contributed by atoms with E-state index in [4.69, 9.17) is 27.9 Å². The van der Waals surface area contributed by atoms with E-state index in [-0.39, 0.29) is 25.4 Å². The number of ether oxygens (including phenoxy) is 2. The summed E-state index contributed by atoms with van der Waals surface area (Å²) in [4.78, 5) is 25.1. The number of hydrazone groups is 1. The zero-order valence-electron chi connectivity index (χ0n) is 20.3. The quantitative estimate of drug-likeness (QED) is 0.296. The summed E-state index contributed by atoms with van der Waals surface area (Å²) < 4.78 is 11.0. The van der Waals surface area contributed by atoms with Crippen LogP contribution in [0.25, 0.3) is 16.9 Å². The average Bonchev–Trinajstić information content (AvgIpc) is 2.89. The first-order chi connectivity index (χ1) is 17.9. The van der Waals surface area contributed by atoms with Crippen molar-refractivity contribution in [1.29, 1.82) is 0 Å². The van der Waals surface area contributed by atoms with Crippen molar-refractivity contribution in [3.05, 3.63) is 99.2 Å². The lowest BCUT2D eigenvalue weighted by molar-refractivity contribution is -0.140. The van der Waals surface area contributed by atoms with Crippen molar-refractivity contribution < 1.29 is 19.1 Å². The Morgan fingerprint density at radius 1 is 1.03 bits per heavy atom. The van der Waals surface area contributed by atoms with Crippen LogP contribution in [0.2, 0.25) is 10.0 Å². The van der Waals surface area contributed by atoms with Crippen molar-refractivity contribution in [2.24, 2.45) is 5.10 Å². The molecule has 0 atom stereocenters. The van der Waals surface area contributed by atoms with Crippen LogP contribution in [-0.4, -0.2) is 36.8 Å². The van der Waals surface area contributed by atoms with Crippen LogP contribution in [0.3, 0.4) is 0 Å². The molecule has 0 radical (unpaired) electrons. The van der Waals surface area contributed by atoms with E-state index in [1.165, 1.54) is 7.11 Å². The molecule has 4 rings (SSSR count). The molecule has 3 aromatic rings. The number of benzene rings is 3. The monoisotopic (exact) mass is 537 g/mol. The summed E-state index contributed by atoms with van der Waals surface area (Å²) in [5, 5.41) is 9.64. The van der Waals surface area contributed by atoms with Crippen LogP contribution < -0.4 is 5.32 Å². The summed E-state index contributed by atoms with van der Waals surface area (Å²) in [6.07, 6.45) is 1.59. The molecule has 0 spiro atoms. The topological polar surface area (TPSA) is 80.2 Å². The fourth-order valence-corrected chi connectivity index (χ4v) is 4.59. The minimum atomic E-state index is -0.567. The number of amides is 1. The second kappa shape index (κ2) is 12.0. The number of esters is 1. The summed E-state index contributed by atoms with van der Waals surface area (Å²) in [6, 6.07) is 20.7. The van der Waals surface area contributed by atoms with Crippen molar-refractivity contribution in [2.45, 2.75) is 20.1 Å². The Morgan fingerprint density at radius 2 is 1.73 bits per heavy atom. The number of carbonyl (C=O) groups excluding carboxylic acids is 2. The van der Waals surface area contributed by atoms with E-state index in [1.54, 1.807) is 24.2 Å². The Bertz CT molecular complexity index is 1350. The molecule has 1 amide bonds. The smallest absolute Gasteiger partial charge is 0.325 e. The summed E-state index contributed by atoms with van der Waals surface area (Å²) in [6.45, 7) is 1.97. The summed E-state index contributed by atoms with van der Waals surface area (Å²) in [7, 11) is 1.26. The van der Waals surface area contributed by atoms with Gasteiger partial charge in [-0.3, -0.25) is 14.6 Å². The first kappa shape index (κ1) is 26.3. The fourth-order valence-electron chi connectivity index (χ4n) is 4.07. The Morgan fingerprint density at radius 3 is 2.41 bits per heavy atom. The van der Waals surface area contributed by atoms with E-state index >= 15 is 0 Å². The van der Waals surface area contributed by atoms with E-state index in [1.807, 2.05) is 60.7 Å². The molecule has 37 heavy (non-hydrogen) atoms. The number of hydrogen-bond acceptors (Lipinski definition) is 6. The summed E-state index contributed by atoms with van der Waals surface area (Å²) in [5.74, 6) is -0.739. The van der Waals surface area contributed by atoms with Gasteiger partial charge in [-0.15, -0.1) is 0 Å². The minimum Gasteiger partial charge on any atom is -0.486 e. The standard InChI is InChI=1S/C28H25Cl2N3O4/c1-3-32-33-16-24-22(19-12-20(29)14-21(30)13-19)10-7-11-23(24)27(37-17-18-8-5-4-6-9-18)26(33)28(35)31-15-25(34)36-2/h3-14H,15-17H2,1-2H3,(H,31,35)/b32-3-. The third kappa shape index (κ3) is 6.13. The van der Waals surface area contributed by atoms with Gasteiger partial charge in [-0.2, -0.15) is 5.10 Å². The van der Waals surface area contributed by atoms with Gasteiger partial charge in [-0.25, -0.2) is 0 Å². The normalized spacial score (nSPS) is 12.9. The number of rotatable bonds is 8. The van der Waals surface area contributed by atoms with Gasteiger partial charge < -0.3 is 14.8 Å². The van der Waals surface area contributed by atoms with Crippen LogP contribution in [-0.2, 0) is 32.2 Å². The molecule has 1 aliphatic rings. The van der Waals surface area contributed by atoms with Gasteiger partial charge in [0.05, 0.1) is 13.7 Å². The Balaban J connectivity index is 1.86. The fraction of sp³-hybridized carbons (Fsp3) is 0.179. The molecule has 0 saturated carbocycles. The first-order valence-corrected chi connectivity index (χ1v) is 12.3. The van der Waals surface area contributed by atoms with Crippen molar-refractivity contribution in [3.63, 3.8) is 0 Å². The van der Waals surface area contributed by atoms with Crippen LogP contribution in [0, 0.1) is 0 Å². The number of carbonyl (C=O) groups is 2. The molecule has 0 fully saturated rings. The van der Waals surface area contributed by atoms with Crippen LogP contribution in [0.4, 0.5) is 0 Å². The highest BCUT2D eigenvalue weighted by atomic mass is 35.5. The van der Waals surface area contributed by atoms with Gasteiger partial charge >= 0.3 is 5.97 Å². The zero-order valence-corrected chi connectivity index (χ0v) is 21.8. The van der Waals surface area contributed by atoms with Crippen LogP contribution in [0.15, 0.2) is 77.5 Å². The van der Waals surface area contributed by atoms with E-state index < -0.39 is 11.9 Å². The maximum absolute atomic E-state index is 13.4. The molecular formula is C28H25Cl2N3O4. The minimum absolute atomic E-state index is 0.187. The molecule has 0 aromatic heterocycles. The van der Waals surface area contributed by atoms with Crippen molar-refractivity contribution in [1.82, 2.24) is 10.3 Å². The molecule has 1 N–H and O–H groups in total. The second-order valence-electron chi connectivity index (χ2n) is 8.13. The van der Waals surface area contributed by atoms with E-state index in [2.05, 4.69) is 15.2 Å². The Labute approximate surface area is 225 Å². The summed E-state index contributed by atoms with van der Waals surface area (Å²) in [5.41, 5.74) is 4.45. The number of nitrogens with zero attached hydrogens (tertiary/aromatic N) is 2. The molecule has 7 nitrogen and oxygen atoms in total. The third-order valence-corrected chi connectivity index (χ3v) is 6.13. The lowest BCUT2D eigenvalue weighted by Gasteiger charge is -2.32. The highest BCUT2D eigenvalue weighted by Crippen LogP contribution is 2.40. The zero-order chi connectivity index (χ0) is 26.4. The predicted molar refractivity (Wildman–Crippen MR) is 145 cm³/mol. The van der Waals surface area contributed by atoms with Gasteiger partial charge in [0.15, 0.2) is 11.5 Å². The lowest BCUT2D eigenvalue weighted by atomic mass is 9.91. The highest BCUT2D eigenvalue weighted by molar-refractivity contribution is 6.35. The lowest BCUT2D eigenvalue weighted by Crippen LogP contribution is -2.38. The Hall–Kier alpha value is -3.81. The van der Waals surface area contributed by atoms with E-state index in [0.717, 1.165) is 27.8 Å². The third-order valence-electron chi connectivity index (χ3n) is 5.69. The molecular weight excluding hydrogens is 513 g/mol. The molecule has 9 heteroatoms. The maximum Gasteiger partial charge on any atom is 0.325 e. The molecule has 1 heterocycles. The van der Waals surface area contributed by atoms with Crippen LogP contribution >= 0.6 is 23.2 Å². The number of methoxy groups -OCH3 is 1. The van der Waals surface area contributed by atoms with Gasteiger partial charge in [0, 0.05) is 21.8 Å². The number of fused-ring (bicyclic) bond motifs is 1. The van der Waals surface area contributed by atoms with Crippen molar-refractivity contribution in [2.75, 3.05) is 13.7 Å². The predicted octanol–water partition coefficient (Wildman–Crippen LogP) is 5.66. The Kier molecular flexibility index (Phi) is 8.48. The van der Waals surface area contributed by atoms with Gasteiger partial charge in [0.1, 0.15) is 13.2 Å². The average molecular weight is 538 g/mol. The number of halogens is 2. The molecule has 190 valence electrons. The van der Waals surface area contributed by atoms with Gasteiger partial charge in [-0.05, 0) is 47.4 Å². The molecule has 0 aliphatic carbocycles. The molecule has 1 aliphatic heterocycles.